The fourth-order valence-electron chi connectivity index (χ4n) is 4.45. The number of nitrogens with zero attached hydrogens (tertiary/aromatic N) is 1. The summed E-state index contributed by atoms with van der Waals surface area (Å²) in [4.78, 5) is 28.3. The van der Waals surface area contributed by atoms with Crippen molar-refractivity contribution in [1.82, 2.24) is 4.90 Å². The number of esters is 1. The van der Waals surface area contributed by atoms with Crippen LogP contribution in [0.15, 0.2) is 91.0 Å². The summed E-state index contributed by atoms with van der Waals surface area (Å²) >= 11 is 0. The highest BCUT2D eigenvalue weighted by atomic mass is 16.5. The molecule has 4 heteroatoms. The fraction of sp³-hybridized carbons (Fsp3) is 0.375. The molecule has 0 heterocycles. The van der Waals surface area contributed by atoms with E-state index in [1.54, 1.807) is 12.1 Å². The van der Waals surface area contributed by atoms with Crippen LogP contribution in [0.2, 0.25) is 0 Å². The molecule has 190 valence electrons. The molecule has 4 nitrogen and oxygen atoms in total. The van der Waals surface area contributed by atoms with Gasteiger partial charge in [0.15, 0.2) is 0 Å². The highest BCUT2D eigenvalue weighted by Gasteiger charge is 2.23. The Morgan fingerprint density at radius 3 is 1.83 bits per heavy atom. The number of carbonyl (C=O) groups is 2. The van der Waals surface area contributed by atoms with Gasteiger partial charge in [-0.1, -0.05) is 111 Å². The van der Waals surface area contributed by atoms with Gasteiger partial charge in [0.05, 0.1) is 6.54 Å². The molecule has 0 radical (unpaired) electrons. The zero-order valence-electron chi connectivity index (χ0n) is 21.5. The molecule has 0 spiro atoms. The van der Waals surface area contributed by atoms with Gasteiger partial charge in [0, 0.05) is 25.4 Å². The van der Waals surface area contributed by atoms with Gasteiger partial charge in [-0.2, -0.15) is 0 Å². The van der Waals surface area contributed by atoms with Gasteiger partial charge in [-0.15, -0.1) is 0 Å². The lowest BCUT2D eigenvalue weighted by atomic mass is 9.91. The number of rotatable bonds is 16. The molecule has 0 amide bonds. The van der Waals surface area contributed by atoms with Crippen molar-refractivity contribution in [3.05, 3.63) is 102 Å². The van der Waals surface area contributed by atoms with Gasteiger partial charge in [0.1, 0.15) is 11.5 Å². The smallest absolute Gasteiger partial charge is 0.311 e. The van der Waals surface area contributed by atoms with E-state index in [9.17, 15) is 9.59 Å². The lowest BCUT2D eigenvalue weighted by Crippen LogP contribution is -2.33. The molecule has 0 bridgehead atoms. The molecule has 0 aromatic heterocycles. The van der Waals surface area contributed by atoms with Crippen molar-refractivity contribution in [3.8, 4) is 5.75 Å². The zero-order valence-corrected chi connectivity index (χ0v) is 21.5. The predicted molar refractivity (Wildman–Crippen MR) is 146 cm³/mol. The van der Waals surface area contributed by atoms with Crippen LogP contribution in [0.25, 0.3) is 0 Å². The number of benzene rings is 3. The van der Waals surface area contributed by atoms with E-state index in [0.29, 0.717) is 31.8 Å². The van der Waals surface area contributed by atoms with E-state index in [0.717, 1.165) is 25.7 Å². The maximum Gasteiger partial charge on any atom is 0.311 e. The van der Waals surface area contributed by atoms with Crippen molar-refractivity contribution >= 4 is 11.8 Å². The molecule has 1 unspecified atom stereocenters. The first kappa shape index (κ1) is 27.3. The molecule has 0 aliphatic rings. The molecule has 0 saturated heterocycles. The molecular weight excluding hydrogens is 446 g/mol. The number of ether oxygens (including phenoxy) is 1. The number of para-hydroxylation sites is 1. The van der Waals surface area contributed by atoms with Crippen LogP contribution in [0.4, 0.5) is 0 Å². The van der Waals surface area contributed by atoms with E-state index >= 15 is 0 Å². The number of hydrogen-bond acceptors (Lipinski definition) is 4. The molecule has 3 aromatic rings. The summed E-state index contributed by atoms with van der Waals surface area (Å²) in [6, 6.07) is 29.7. The first-order chi connectivity index (χ1) is 17.6. The van der Waals surface area contributed by atoms with E-state index < -0.39 is 0 Å². The van der Waals surface area contributed by atoms with Crippen LogP contribution in [0.1, 0.15) is 63.0 Å². The van der Waals surface area contributed by atoms with Crippen LogP contribution in [0, 0.1) is 5.92 Å². The van der Waals surface area contributed by atoms with Crippen LogP contribution in [0.3, 0.4) is 0 Å². The number of carbonyl (C=O) groups excluding carboxylic acids is 2. The highest BCUT2D eigenvalue weighted by molar-refractivity contribution is 5.83. The van der Waals surface area contributed by atoms with Crippen molar-refractivity contribution in [2.75, 3.05) is 6.54 Å². The van der Waals surface area contributed by atoms with Crippen molar-refractivity contribution in [2.45, 2.75) is 65.0 Å². The first-order valence-electron chi connectivity index (χ1n) is 13.2. The Morgan fingerprint density at radius 1 is 0.722 bits per heavy atom. The topological polar surface area (TPSA) is 46.6 Å². The van der Waals surface area contributed by atoms with Gasteiger partial charge < -0.3 is 4.74 Å². The SMILES string of the molecule is CCCCCCC(CCC(=O)Oc1ccccc1)C(=O)CN(Cc1ccccc1)Cc1ccccc1. The molecule has 0 aliphatic heterocycles. The van der Waals surface area contributed by atoms with Crippen LogP contribution in [-0.2, 0) is 22.7 Å². The molecule has 3 rings (SSSR count). The molecule has 0 N–H and O–H groups in total. The molecule has 3 aromatic carbocycles. The third-order valence-electron chi connectivity index (χ3n) is 6.41. The van der Waals surface area contributed by atoms with E-state index in [2.05, 4.69) is 36.1 Å². The Morgan fingerprint density at radius 2 is 1.28 bits per heavy atom. The van der Waals surface area contributed by atoms with Crippen molar-refractivity contribution < 1.29 is 14.3 Å². The summed E-state index contributed by atoms with van der Waals surface area (Å²) in [5, 5.41) is 0. The predicted octanol–water partition coefficient (Wildman–Crippen LogP) is 7.23. The average molecular weight is 486 g/mol. The van der Waals surface area contributed by atoms with E-state index in [-0.39, 0.29) is 24.1 Å². The van der Waals surface area contributed by atoms with Gasteiger partial charge in [0.2, 0.25) is 0 Å². The standard InChI is InChI=1S/C32H39NO3/c1-2-3-4-12-19-29(22-23-32(35)36-30-20-13-7-14-21-30)31(34)26-33(24-27-15-8-5-9-16-27)25-28-17-10-6-11-18-28/h5-11,13-18,20-21,29H,2-4,12,19,22-26H2,1H3. The Hall–Kier alpha value is -3.24. The number of Topliss-reactive ketones (excluding diaryl/α,β-unsaturated/α-hetero) is 1. The monoisotopic (exact) mass is 485 g/mol. The zero-order chi connectivity index (χ0) is 25.4. The van der Waals surface area contributed by atoms with Crippen molar-refractivity contribution in [3.63, 3.8) is 0 Å². The summed E-state index contributed by atoms with van der Waals surface area (Å²) in [5.74, 6) is 0.341. The second kappa shape index (κ2) is 15.7. The molecule has 36 heavy (non-hydrogen) atoms. The summed E-state index contributed by atoms with van der Waals surface area (Å²) in [7, 11) is 0. The minimum atomic E-state index is -0.280. The maximum atomic E-state index is 13.6. The lowest BCUT2D eigenvalue weighted by molar-refractivity contribution is -0.135. The summed E-state index contributed by atoms with van der Waals surface area (Å²) in [5.41, 5.74) is 2.37. The Labute approximate surface area is 216 Å². The van der Waals surface area contributed by atoms with Crippen LogP contribution < -0.4 is 4.74 Å². The molecular formula is C32H39NO3. The third kappa shape index (κ3) is 10.2. The largest absolute Gasteiger partial charge is 0.427 e. The summed E-state index contributed by atoms with van der Waals surface area (Å²) in [6.07, 6.45) is 6.05. The second-order valence-corrected chi connectivity index (χ2v) is 9.45. The van der Waals surface area contributed by atoms with E-state index in [1.165, 1.54) is 17.5 Å². The van der Waals surface area contributed by atoms with Gasteiger partial charge in [-0.25, -0.2) is 0 Å². The summed E-state index contributed by atoms with van der Waals surface area (Å²) < 4.78 is 5.47. The van der Waals surface area contributed by atoms with E-state index in [4.69, 9.17) is 4.74 Å². The van der Waals surface area contributed by atoms with Crippen molar-refractivity contribution in [2.24, 2.45) is 5.92 Å². The minimum absolute atomic E-state index is 0.140. The first-order valence-corrected chi connectivity index (χ1v) is 13.2. The second-order valence-electron chi connectivity index (χ2n) is 9.45. The quantitative estimate of drug-likeness (QED) is 0.122. The number of hydrogen-bond donors (Lipinski definition) is 0. The Kier molecular flexibility index (Phi) is 11.9. The van der Waals surface area contributed by atoms with Crippen LogP contribution in [-0.4, -0.2) is 23.2 Å². The Bertz CT molecular complexity index is 980. The number of unbranched alkanes of at least 4 members (excludes halogenated alkanes) is 3. The molecule has 0 fully saturated rings. The van der Waals surface area contributed by atoms with Gasteiger partial charge >= 0.3 is 5.97 Å². The minimum Gasteiger partial charge on any atom is -0.427 e. The fourth-order valence-corrected chi connectivity index (χ4v) is 4.45. The van der Waals surface area contributed by atoms with Crippen LogP contribution in [0.5, 0.6) is 5.75 Å². The van der Waals surface area contributed by atoms with E-state index in [1.807, 2.05) is 54.6 Å². The Balaban J connectivity index is 1.64. The highest BCUT2D eigenvalue weighted by Crippen LogP contribution is 2.21. The number of ketones is 1. The normalized spacial score (nSPS) is 11.8. The molecule has 0 aliphatic carbocycles. The maximum absolute atomic E-state index is 13.6. The molecule has 0 saturated carbocycles. The third-order valence-corrected chi connectivity index (χ3v) is 6.41. The molecule has 1 atom stereocenters. The van der Waals surface area contributed by atoms with Crippen molar-refractivity contribution in [1.29, 1.82) is 0 Å². The van der Waals surface area contributed by atoms with Gasteiger partial charge in [0.25, 0.3) is 0 Å². The van der Waals surface area contributed by atoms with Crippen LogP contribution >= 0.6 is 0 Å². The van der Waals surface area contributed by atoms with Gasteiger partial charge in [-0.3, -0.25) is 14.5 Å². The lowest BCUT2D eigenvalue weighted by Gasteiger charge is -2.25. The average Bonchev–Trinajstić information content (AvgIpc) is 2.90. The summed E-state index contributed by atoms with van der Waals surface area (Å²) in [6.45, 7) is 3.98. The van der Waals surface area contributed by atoms with Gasteiger partial charge in [-0.05, 0) is 36.1 Å².